The van der Waals surface area contributed by atoms with Crippen molar-refractivity contribution in [1.29, 1.82) is 0 Å². The standard InChI is InChI=1S/C19H20N2/c1-13-7-8-16(11-14(13)2)19(3,20)18-6-4-5-15-12-21-10-9-17(15)18/h4-12H,20H2,1-3H3. The molecule has 2 aromatic carbocycles. The summed E-state index contributed by atoms with van der Waals surface area (Å²) in [5.41, 5.74) is 11.0. The molecule has 1 atom stereocenters. The lowest BCUT2D eigenvalue weighted by Crippen LogP contribution is -2.34. The van der Waals surface area contributed by atoms with Gasteiger partial charge in [-0.3, -0.25) is 4.98 Å². The van der Waals surface area contributed by atoms with Gasteiger partial charge >= 0.3 is 0 Å². The van der Waals surface area contributed by atoms with Crippen LogP contribution in [0.25, 0.3) is 10.8 Å². The summed E-state index contributed by atoms with van der Waals surface area (Å²) in [6.45, 7) is 6.32. The summed E-state index contributed by atoms with van der Waals surface area (Å²) in [4.78, 5) is 4.19. The summed E-state index contributed by atoms with van der Waals surface area (Å²) in [7, 11) is 0. The molecule has 0 aliphatic rings. The van der Waals surface area contributed by atoms with Crippen LogP contribution < -0.4 is 5.73 Å². The predicted molar refractivity (Wildman–Crippen MR) is 88.3 cm³/mol. The Bertz CT molecular complexity index is 798. The number of benzene rings is 2. The Labute approximate surface area is 125 Å². The lowest BCUT2D eigenvalue weighted by Gasteiger charge is -2.28. The van der Waals surface area contributed by atoms with Gasteiger partial charge in [0.25, 0.3) is 0 Å². The first-order chi connectivity index (χ1) is 10.00. The van der Waals surface area contributed by atoms with Gasteiger partial charge in [0.05, 0.1) is 5.54 Å². The Kier molecular flexibility index (Phi) is 3.26. The van der Waals surface area contributed by atoms with E-state index in [-0.39, 0.29) is 0 Å². The van der Waals surface area contributed by atoms with Crippen LogP contribution in [0.5, 0.6) is 0 Å². The highest BCUT2D eigenvalue weighted by molar-refractivity contribution is 5.86. The lowest BCUT2D eigenvalue weighted by molar-refractivity contribution is 0.608. The van der Waals surface area contributed by atoms with Crippen molar-refractivity contribution >= 4 is 10.8 Å². The minimum Gasteiger partial charge on any atom is -0.318 e. The molecule has 2 nitrogen and oxygen atoms in total. The molecule has 0 spiro atoms. The third-order valence-electron chi connectivity index (χ3n) is 4.35. The van der Waals surface area contributed by atoms with Crippen LogP contribution in [-0.2, 0) is 5.54 Å². The summed E-state index contributed by atoms with van der Waals surface area (Å²) in [5, 5.41) is 2.28. The molecule has 3 rings (SSSR count). The molecule has 0 saturated carbocycles. The van der Waals surface area contributed by atoms with Gasteiger partial charge in [-0.25, -0.2) is 0 Å². The van der Waals surface area contributed by atoms with Crippen molar-refractivity contribution in [3.8, 4) is 0 Å². The largest absolute Gasteiger partial charge is 0.318 e. The topological polar surface area (TPSA) is 38.9 Å². The van der Waals surface area contributed by atoms with E-state index in [0.717, 1.165) is 21.9 Å². The highest BCUT2D eigenvalue weighted by atomic mass is 14.7. The molecular weight excluding hydrogens is 256 g/mol. The normalized spacial score (nSPS) is 14.1. The highest BCUT2D eigenvalue weighted by Gasteiger charge is 2.25. The monoisotopic (exact) mass is 276 g/mol. The van der Waals surface area contributed by atoms with Crippen LogP contribution >= 0.6 is 0 Å². The van der Waals surface area contributed by atoms with Crippen LogP contribution in [0.2, 0.25) is 0 Å². The van der Waals surface area contributed by atoms with E-state index in [1.165, 1.54) is 11.1 Å². The number of aryl methyl sites for hydroxylation is 2. The van der Waals surface area contributed by atoms with Crippen molar-refractivity contribution in [3.63, 3.8) is 0 Å². The van der Waals surface area contributed by atoms with Crippen LogP contribution in [0, 0.1) is 13.8 Å². The van der Waals surface area contributed by atoms with Gasteiger partial charge in [0.2, 0.25) is 0 Å². The molecule has 1 unspecified atom stereocenters. The fourth-order valence-corrected chi connectivity index (χ4v) is 2.80. The number of hydrogen-bond acceptors (Lipinski definition) is 2. The van der Waals surface area contributed by atoms with Gasteiger partial charge < -0.3 is 5.73 Å². The van der Waals surface area contributed by atoms with Crippen molar-refractivity contribution in [2.24, 2.45) is 5.73 Å². The van der Waals surface area contributed by atoms with Crippen LogP contribution in [0.1, 0.15) is 29.2 Å². The van der Waals surface area contributed by atoms with Gasteiger partial charge in [-0.15, -0.1) is 0 Å². The maximum absolute atomic E-state index is 6.72. The molecule has 0 fully saturated rings. The molecular formula is C19H20N2. The maximum Gasteiger partial charge on any atom is 0.0643 e. The number of rotatable bonds is 2. The van der Waals surface area contributed by atoms with Gasteiger partial charge in [-0.2, -0.15) is 0 Å². The second kappa shape index (κ2) is 4.97. The quantitative estimate of drug-likeness (QED) is 0.766. The summed E-state index contributed by atoms with van der Waals surface area (Å²) in [6, 6.07) is 14.7. The summed E-state index contributed by atoms with van der Waals surface area (Å²) < 4.78 is 0. The molecule has 2 heteroatoms. The van der Waals surface area contributed by atoms with Crippen LogP contribution in [0.3, 0.4) is 0 Å². The molecule has 0 amide bonds. The number of nitrogens with zero attached hydrogens (tertiary/aromatic N) is 1. The van der Waals surface area contributed by atoms with Crippen LogP contribution in [0.4, 0.5) is 0 Å². The number of nitrogens with two attached hydrogens (primary N) is 1. The van der Waals surface area contributed by atoms with Gasteiger partial charge in [0.1, 0.15) is 0 Å². The molecule has 2 N–H and O–H groups in total. The Morgan fingerprint density at radius 1 is 1.00 bits per heavy atom. The van der Waals surface area contributed by atoms with Crippen LogP contribution in [-0.4, -0.2) is 4.98 Å². The number of hydrogen-bond donors (Lipinski definition) is 1. The zero-order chi connectivity index (χ0) is 15.0. The van der Waals surface area contributed by atoms with E-state index in [1.807, 2.05) is 24.5 Å². The molecule has 0 aliphatic heterocycles. The Balaban J connectivity index is 2.22. The molecule has 0 saturated heterocycles. The average molecular weight is 276 g/mol. The van der Waals surface area contributed by atoms with Crippen molar-refractivity contribution in [2.75, 3.05) is 0 Å². The summed E-state index contributed by atoms with van der Waals surface area (Å²) >= 11 is 0. The minimum atomic E-state index is -0.528. The van der Waals surface area contributed by atoms with E-state index < -0.39 is 5.54 Å². The second-order valence-electron chi connectivity index (χ2n) is 5.90. The van der Waals surface area contributed by atoms with E-state index in [9.17, 15) is 0 Å². The number of pyridine rings is 1. The summed E-state index contributed by atoms with van der Waals surface area (Å²) in [5.74, 6) is 0. The zero-order valence-electron chi connectivity index (χ0n) is 12.7. The molecule has 0 aliphatic carbocycles. The summed E-state index contributed by atoms with van der Waals surface area (Å²) in [6.07, 6.45) is 3.71. The van der Waals surface area contributed by atoms with E-state index in [0.29, 0.717) is 0 Å². The van der Waals surface area contributed by atoms with Gasteiger partial charge in [0, 0.05) is 17.8 Å². The Hall–Kier alpha value is -2.19. The van der Waals surface area contributed by atoms with Gasteiger partial charge in [-0.1, -0.05) is 36.4 Å². The molecule has 1 heterocycles. The van der Waals surface area contributed by atoms with Crippen molar-refractivity contribution in [3.05, 3.63) is 77.1 Å². The number of aromatic nitrogens is 1. The van der Waals surface area contributed by atoms with Crippen molar-refractivity contribution in [1.82, 2.24) is 4.98 Å². The molecule has 0 radical (unpaired) electrons. The lowest BCUT2D eigenvalue weighted by atomic mass is 9.82. The van der Waals surface area contributed by atoms with Crippen molar-refractivity contribution < 1.29 is 0 Å². The van der Waals surface area contributed by atoms with Gasteiger partial charge in [0.15, 0.2) is 0 Å². The fraction of sp³-hybridized carbons (Fsp3) is 0.211. The number of fused-ring (bicyclic) bond motifs is 1. The smallest absolute Gasteiger partial charge is 0.0643 e. The third kappa shape index (κ3) is 2.32. The molecule has 1 aromatic heterocycles. The van der Waals surface area contributed by atoms with E-state index in [1.54, 1.807) is 0 Å². The first-order valence-electron chi connectivity index (χ1n) is 7.20. The first kappa shape index (κ1) is 13.8. The highest BCUT2D eigenvalue weighted by Crippen LogP contribution is 2.32. The first-order valence-corrected chi connectivity index (χ1v) is 7.20. The van der Waals surface area contributed by atoms with E-state index >= 15 is 0 Å². The van der Waals surface area contributed by atoms with Crippen LogP contribution in [0.15, 0.2) is 54.9 Å². The minimum absolute atomic E-state index is 0.528. The van der Waals surface area contributed by atoms with E-state index in [4.69, 9.17) is 5.73 Å². The van der Waals surface area contributed by atoms with Crippen molar-refractivity contribution in [2.45, 2.75) is 26.3 Å². The molecule has 21 heavy (non-hydrogen) atoms. The molecule has 3 aromatic rings. The molecule has 106 valence electrons. The van der Waals surface area contributed by atoms with Gasteiger partial charge in [-0.05, 0) is 54.5 Å². The average Bonchev–Trinajstić information content (AvgIpc) is 2.49. The predicted octanol–water partition coefficient (Wildman–Crippen LogP) is 4.07. The third-order valence-corrected chi connectivity index (χ3v) is 4.35. The maximum atomic E-state index is 6.72. The van der Waals surface area contributed by atoms with E-state index in [2.05, 4.69) is 56.1 Å². The second-order valence-corrected chi connectivity index (χ2v) is 5.90. The molecule has 0 bridgehead atoms. The zero-order valence-corrected chi connectivity index (χ0v) is 12.7. The Morgan fingerprint density at radius 2 is 1.81 bits per heavy atom. The fourth-order valence-electron chi connectivity index (χ4n) is 2.80. The Morgan fingerprint density at radius 3 is 2.57 bits per heavy atom. The SMILES string of the molecule is Cc1ccc(C(C)(N)c2cccc3cnccc23)cc1C.